The molecule has 206 valence electrons. The summed E-state index contributed by atoms with van der Waals surface area (Å²) in [5.41, 5.74) is 1.43. The molecule has 2 N–H and O–H groups in total. The lowest BCUT2D eigenvalue weighted by Crippen LogP contribution is -2.49. The first-order chi connectivity index (χ1) is 19.1. The molecule has 1 fully saturated rings. The largest absolute Gasteiger partial charge is 0.345 e. The van der Waals surface area contributed by atoms with Crippen LogP contribution in [0.25, 0.3) is 0 Å². The number of aldehydes is 1. The Labute approximate surface area is 241 Å². The second-order valence-electron chi connectivity index (χ2n) is 9.00. The lowest BCUT2D eigenvalue weighted by atomic mass is 10.1. The maximum absolute atomic E-state index is 13.2. The van der Waals surface area contributed by atoms with Gasteiger partial charge in [-0.1, -0.05) is 41.4 Å². The molecule has 3 aromatic rings. The van der Waals surface area contributed by atoms with Crippen molar-refractivity contribution in [1.29, 1.82) is 5.26 Å². The van der Waals surface area contributed by atoms with Crippen LogP contribution in [0.15, 0.2) is 65.8 Å². The van der Waals surface area contributed by atoms with Crippen molar-refractivity contribution in [2.24, 2.45) is 0 Å². The highest BCUT2D eigenvalue weighted by molar-refractivity contribution is 7.89. The molecule has 0 spiro atoms. The molecule has 1 aliphatic rings. The Morgan fingerprint density at radius 3 is 2.50 bits per heavy atom. The van der Waals surface area contributed by atoms with Gasteiger partial charge in [-0.25, -0.2) is 8.42 Å². The van der Waals surface area contributed by atoms with Crippen LogP contribution < -0.4 is 10.6 Å². The highest BCUT2D eigenvalue weighted by Crippen LogP contribution is 2.27. The van der Waals surface area contributed by atoms with Crippen molar-refractivity contribution in [2.45, 2.75) is 36.2 Å². The summed E-state index contributed by atoms with van der Waals surface area (Å²) in [7, 11) is -4.03. The van der Waals surface area contributed by atoms with E-state index in [-0.39, 0.29) is 39.0 Å². The van der Waals surface area contributed by atoms with Crippen molar-refractivity contribution >= 4 is 57.0 Å². The molecule has 4 rings (SSSR count). The van der Waals surface area contributed by atoms with Crippen LogP contribution >= 0.6 is 23.2 Å². The Balaban J connectivity index is 1.40. The quantitative estimate of drug-likeness (QED) is 0.357. The first-order valence-corrected chi connectivity index (χ1v) is 14.3. The summed E-state index contributed by atoms with van der Waals surface area (Å²) in [5, 5.41) is 14.7. The minimum atomic E-state index is -4.03. The van der Waals surface area contributed by atoms with Gasteiger partial charge >= 0.3 is 0 Å². The summed E-state index contributed by atoms with van der Waals surface area (Å²) in [4.78, 5) is 41.2. The first-order valence-electron chi connectivity index (χ1n) is 12.1. The number of carbonyl (C=O) groups is 3. The topological polar surface area (TPSA) is 149 Å². The number of pyridine rings is 1. The first kappa shape index (κ1) is 29.2. The van der Waals surface area contributed by atoms with Gasteiger partial charge in [-0.3, -0.25) is 14.6 Å². The van der Waals surface area contributed by atoms with E-state index in [0.717, 1.165) is 4.31 Å². The molecule has 0 bridgehead atoms. The van der Waals surface area contributed by atoms with E-state index >= 15 is 0 Å². The van der Waals surface area contributed by atoms with Crippen LogP contribution in [0, 0.1) is 11.3 Å². The molecule has 0 unspecified atom stereocenters. The van der Waals surface area contributed by atoms with Gasteiger partial charge in [-0.15, -0.1) is 0 Å². The van der Waals surface area contributed by atoms with Crippen molar-refractivity contribution in [3.63, 3.8) is 0 Å². The van der Waals surface area contributed by atoms with Crippen molar-refractivity contribution in [1.82, 2.24) is 14.6 Å². The molecule has 40 heavy (non-hydrogen) atoms. The van der Waals surface area contributed by atoms with E-state index in [0.29, 0.717) is 30.4 Å². The van der Waals surface area contributed by atoms with E-state index in [9.17, 15) is 22.8 Å². The summed E-state index contributed by atoms with van der Waals surface area (Å²) in [6.07, 6.45) is 4.14. The van der Waals surface area contributed by atoms with E-state index in [1.807, 2.05) is 6.07 Å². The normalized spacial score (nSPS) is 16.1. The predicted molar refractivity (Wildman–Crippen MR) is 148 cm³/mol. The summed E-state index contributed by atoms with van der Waals surface area (Å²) in [5.74, 6) is -1.09. The Kier molecular flexibility index (Phi) is 9.17. The van der Waals surface area contributed by atoms with Crippen LogP contribution in [0.2, 0.25) is 10.0 Å². The number of hydrogen-bond donors (Lipinski definition) is 2. The SMILES string of the molecule is N#Cc1cccc(S(=O)(=O)N2CCC[C@H]2C(=O)N[C@H](C=O)Cc2ccc(NC(=O)c3c(Cl)cncc3Cl)cc2)c1. The third-order valence-electron chi connectivity index (χ3n) is 6.32. The molecule has 2 heterocycles. The third kappa shape index (κ3) is 6.48. The number of anilines is 1. The van der Waals surface area contributed by atoms with Crippen molar-refractivity contribution in [3.8, 4) is 6.07 Å². The molecule has 0 saturated carbocycles. The van der Waals surface area contributed by atoms with Gasteiger partial charge in [-0.2, -0.15) is 9.57 Å². The van der Waals surface area contributed by atoms with Gasteiger partial charge in [0.2, 0.25) is 15.9 Å². The second-order valence-corrected chi connectivity index (χ2v) is 11.7. The van der Waals surface area contributed by atoms with Gasteiger partial charge in [0.1, 0.15) is 12.3 Å². The van der Waals surface area contributed by atoms with Gasteiger partial charge in [0, 0.05) is 24.6 Å². The fourth-order valence-electron chi connectivity index (χ4n) is 4.36. The van der Waals surface area contributed by atoms with Crippen molar-refractivity contribution in [2.75, 3.05) is 11.9 Å². The van der Waals surface area contributed by atoms with E-state index in [1.165, 1.54) is 36.7 Å². The number of rotatable bonds is 9. The van der Waals surface area contributed by atoms with Crippen LogP contribution in [0.5, 0.6) is 0 Å². The summed E-state index contributed by atoms with van der Waals surface area (Å²) in [6.45, 7) is 0.145. The van der Waals surface area contributed by atoms with E-state index in [2.05, 4.69) is 15.6 Å². The maximum Gasteiger partial charge on any atom is 0.258 e. The number of sulfonamides is 1. The van der Waals surface area contributed by atoms with Crippen molar-refractivity contribution < 1.29 is 22.8 Å². The molecule has 10 nitrogen and oxygen atoms in total. The number of benzene rings is 2. The van der Waals surface area contributed by atoms with Crippen LogP contribution in [-0.2, 0) is 26.0 Å². The lowest BCUT2D eigenvalue weighted by Gasteiger charge is -2.25. The lowest BCUT2D eigenvalue weighted by molar-refractivity contribution is -0.126. The number of hydrogen-bond acceptors (Lipinski definition) is 7. The van der Waals surface area contributed by atoms with Crippen LogP contribution in [0.4, 0.5) is 5.69 Å². The molecular formula is C27H23Cl2N5O5S. The zero-order chi connectivity index (χ0) is 28.9. The van der Waals surface area contributed by atoms with E-state index in [4.69, 9.17) is 28.5 Å². The van der Waals surface area contributed by atoms with Gasteiger partial charge in [0.15, 0.2) is 0 Å². The van der Waals surface area contributed by atoms with Gasteiger partial charge in [-0.05, 0) is 55.2 Å². The summed E-state index contributed by atoms with van der Waals surface area (Å²) < 4.78 is 27.5. The molecule has 2 atom stereocenters. The van der Waals surface area contributed by atoms with Crippen LogP contribution in [0.1, 0.15) is 34.3 Å². The number of carbonyl (C=O) groups excluding carboxylic acids is 3. The zero-order valence-corrected chi connectivity index (χ0v) is 23.2. The third-order valence-corrected chi connectivity index (χ3v) is 8.79. The molecule has 2 aromatic carbocycles. The number of halogens is 2. The number of amides is 2. The number of aromatic nitrogens is 1. The average Bonchev–Trinajstić information content (AvgIpc) is 3.45. The molecule has 0 radical (unpaired) electrons. The minimum Gasteiger partial charge on any atom is -0.345 e. The fraction of sp³-hybridized carbons (Fsp3) is 0.222. The smallest absolute Gasteiger partial charge is 0.258 e. The Bertz CT molecular complexity index is 1570. The highest BCUT2D eigenvalue weighted by Gasteiger charge is 2.40. The summed E-state index contributed by atoms with van der Waals surface area (Å²) >= 11 is 12.1. The average molecular weight is 600 g/mol. The van der Waals surface area contributed by atoms with Crippen LogP contribution in [0.3, 0.4) is 0 Å². The summed E-state index contributed by atoms with van der Waals surface area (Å²) in [6, 6.07) is 12.2. The van der Waals surface area contributed by atoms with E-state index < -0.39 is 33.9 Å². The fourth-order valence-corrected chi connectivity index (χ4v) is 6.60. The number of nitrogens with one attached hydrogen (secondary N) is 2. The number of nitriles is 1. The minimum absolute atomic E-state index is 0.0705. The van der Waals surface area contributed by atoms with Crippen molar-refractivity contribution in [3.05, 3.63) is 87.7 Å². The monoisotopic (exact) mass is 599 g/mol. The standard InChI is InChI=1S/C27H23Cl2N5O5S/c28-22-14-31-15-23(29)25(22)27(37)32-19-8-6-17(7-9-19)11-20(16-35)33-26(36)24-5-2-10-34(24)40(38,39)21-4-1-3-18(12-21)13-30/h1,3-4,6-9,12,14-16,20,24H,2,5,10-11H2,(H,32,37)(H,33,36)/t20-,24-/m0/s1. The Morgan fingerprint density at radius 1 is 1.15 bits per heavy atom. The second kappa shape index (κ2) is 12.6. The molecule has 2 amide bonds. The number of nitrogens with zero attached hydrogens (tertiary/aromatic N) is 3. The molecular weight excluding hydrogens is 577 g/mol. The van der Waals surface area contributed by atoms with Gasteiger partial charge in [0.05, 0.1) is 38.2 Å². The maximum atomic E-state index is 13.2. The highest BCUT2D eigenvalue weighted by atomic mass is 35.5. The Morgan fingerprint density at radius 2 is 1.85 bits per heavy atom. The zero-order valence-electron chi connectivity index (χ0n) is 20.9. The van der Waals surface area contributed by atoms with Gasteiger partial charge in [0.25, 0.3) is 5.91 Å². The Hall–Kier alpha value is -3.82. The van der Waals surface area contributed by atoms with Crippen LogP contribution in [-0.4, -0.2) is 54.4 Å². The van der Waals surface area contributed by atoms with E-state index in [1.54, 1.807) is 24.3 Å². The molecule has 1 aliphatic heterocycles. The molecule has 1 aromatic heterocycles. The molecule has 1 saturated heterocycles. The predicted octanol–water partition coefficient (Wildman–Crippen LogP) is 3.59. The molecule has 13 heteroatoms. The van der Waals surface area contributed by atoms with Gasteiger partial charge < -0.3 is 15.4 Å². The molecule has 0 aliphatic carbocycles.